The maximum Gasteiger partial charge on any atom is 0.150 e. The lowest BCUT2D eigenvalue weighted by molar-refractivity contribution is 0.112. The van der Waals surface area contributed by atoms with Crippen LogP contribution in [0.15, 0.2) is 48.5 Å². The Balaban J connectivity index is 2.38. The molecule has 0 aliphatic rings. The van der Waals surface area contributed by atoms with Crippen LogP contribution in [0.5, 0.6) is 11.5 Å². The highest BCUT2D eigenvalue weighted by Crippen LogP contribution is 2.31. The Labute approximate surface area is 107 Å². The molecule has 2 aromatic carbocycles. The highest BCUT2D eigenvalue weighted by atomic mass is 16.5. The van der Waals surface area contributed by atoms with Crippen molar-refractivity contribution >= 4 is 6.29 Å². The van der Waals surface area contributed by atoms with E-state index in [1.807, 2.05) is 42.5 Å². The Morgan fingerprint density at radius 2 is 1.78 bits per heavy atom. The van der Waals surface area contributed by atoms with Gasteiger partial charge >= 0.3 is 0 Å². The fourth-order valence-corrected chi connectivity index (χ4v) is 1.81. The van der Waals surface area contributed by atoms with Crippen molar-refractivity contribution in [1.82, 2.24) is 0 Å². The van der Waals surface area contributed by atoms with Gasteiger partial charge in [-0.05, 0) is 29.7 Å². The molecule has 0 amide bonds. The summed E-state index contributed by atoms with van der Waals surface area (Å²) in [6.07, 6.45) is 0.835. The molecule has 2 rings (SSSR count). The average Bonchev–Trinajstić information content (AvgIpc) is 2.39. The van der Waals surface area contributed by atoms with Crippen molar-refractivity contribution in [3.8, 4) is 11.5 Å². The predicted molar refractivity (Wildman–Crippen MR) is 72.4 cm³/mol. The van der Waals surface area contributed by atoms with Gasteiger partial charge in [0.2, 0.25) is 0 Å². The molecule has 0 aromatic heterocycles. The number of aldehydes is 1. The van der Waals surface area contributed by atoms with Crippen LogP contribution in [-0.4, -0.2) is 6.29 Å². The molecule has 2 aromatic rings. The monoisotopic (exact) mass is 240 g/mol. The van der Waals surface area contributed by atoms with Gasteiger partial charge in [0.25, 0.3) is 0 Å². The summed E-state index contributed by atoms with van der Waals surface area (Å²) >= 11 is 0. The van der Waals surface area contributed by atoms with Crippen molar-refractivity contribution < 1.29 is 9.53 Å². The summed E-state index contributed by atoms with van der Waals surface area (Å²) in [5, 5.41) is 0. The minimum atomic E-state index is 0.351. The lowest BCUT2D eigenvalue weighted by Gasteiger charge is -2.14. The average molecular weight is 240 g/mol. The standard InChI is InChI=1S/C16H16O2/c1-12(2)15-9-8-13(11-17)10-16(15)18-14-6-4-3-5-7-14/h3-12H,1-2H3. The third-order valence-corrected chi connectivity index (χ3v) is 2.77. The molecule has 0 saturated heterocycles. The number of hydrogen-bond donors (Lipinski definition) is 0. The molecule has 0 spiro atoms. The first-order chi connectivity index (χ1) is 8.70. The van der Waals surface area contributed by atoms with Crippen molar-refractivity contribution in [2.45, 2.75) is 19.8 Å². The van der Waals surface area contributed by atoms with Gasteiger partial charge in [-0.1, -0.05) is 44.2 Å². The van der Waals surface area contributed by atoms with Gasteiger partial charge in [0.05, 0.1) is 0 Å². The molecular formula is C16H16O2. The summed E-state index contributed by atoms with van der Waals surface area (Å²) in [6.45, 7) is 4.21. The fourth-order valence-electron chi connectivity index (χ4n) is 1.81. The lowest BCUT2D eigenvalue weighted by atomic mass is 10.0. The summed E-state index contributed by atoms with van der Waals surface area (Å²) in [6, 6.07) is 15.2. The Hall–Kier alpha value is -2.09. The summed E-state index contributed by atoms with van der Waals surface area (Å²) in [5.74, 6) is 1.88. The zero-order valence-corrected chi connectivity index (χ0v) is 10.6. The Kier molecular flexibility index (Phi) is 3.78. The van der Waals surface area contributed by atoms with Crippen LogP contribution in [0.3, 0.4) is 0 Å². The zero-order chi connectivity index (χ0) is 13.0. The minimum absolute atomic E-state index is 0.351. The molecule has 2 nitrogen and oxygen atoms in total. The van der Waals surface area contributed by atoms with Gasteiger partial charge in [-0.15, -0.1) is 0 Å². The molecule has 0 heterocycles. The first-order valence-corrected chi connectivity index (χ1v) is 6.02. The van der Waals surface area contributed by atoms with Crippen molar-refractivity contribution in [2.75, 3.05) is 0 Å². The topological polar surface area (TPSA) is 26.3 Å². The number of rotatable bonds is 4. The molecule has 0 aliphatic carbocycles. The molecule has 2 heteroatoms. The van der Waals surface area contributed by atoms with E-state index in [1.165, 1.54) is 0 Å². The largest absolute Gasteiger partial charge is 0.457 e. The molecule has 92 valence electrons. The van der Waals surface area contributed by atoms with E-state index in [-0.39, 0.29) is 0 Å². The van der Waals surface area contributed by atoms with Gasteiger partial charge in [0.15, 0.2) is 0 Å². The smallest absolute Gasteiger partial charge is 0.150 e. The molecule has 0 saturated carbocycles. The second kappa shape index (κ2) is 5.50. The third kappa shape index (κ3) is 2.77. The van der Waals surface area contributed by atoms with E-state index in [9.17, 15) is 4.79 Å². The number of ether oxygens (including phenoxy) is 1. The van der Waals surface area contributed by atoms with Gasteiger partial charge < -0.3 is 4.74 Å². The van der Waals surface area contributed by atoms with Gasteiger partial charge in [0, 0.05) is 5.56 Å². The molecular weight excluding hydrogens is 224 g/mol. The zero-order valence-electron chi connectivity index (χ0n) is 10.6. The van der Waals surface area contributed by atoms with E-state index < -0.39 is 0 Å². The summed E-state index contributed by atoms with van der Waals surface area (Å²) < 4.78 is 5.85. The SMILES string of the molecule is CC(C)c1ccc(C=O)cc1Oc1ccccc1. The first kappa shape index (κ1) is 12.4. The van der Waals surface area contributed by atoms with E-state index in [0.29, 0.717) is 11.5 Å². The van der Waals surface area contributed by atoms with Gasteiger partial charge in [-0.25, -0.2) is 0 Å². The second-order valence-electron chi connectivity index (χ2n) is 4.48. The maximum atomic E-state index is 10.8. The van der Waals surface area contributed by atoms with Gasteiger partial charge in [0.1, 0.15) is 17.8 Å². The molecule has 0 atom stereocenters. The van der Waals surface area contributed by atoms with Crippen molar-refractivity contribution in [2.24, 2.45) is 0 Å². The van der Waals surface area contributed by atoms with E-state index in [1.54, 1.807) is 6.07 Å². The normalized spacial score (nSPS) is 10.4. The Bertz CT molecular complexity index is 530. The van der Waals surface area contributed by atoms with Crippen LogP contribution >= 0.6 is 0 Å². The summed E-state index contributed by atoms with van der Waals surface area (Å²) in [4.78, 5) is 10.8. The molecule has 18 heavy (non-hydrogen) atoms. The van der Waals surface area contributed by atoms with E-state index in [0.717, 1.165) is 23.3 Å². The Morgan fingerprint density at radius 3 is 2.39 bits per heavy atom. The Morgan fingerprint density at radius 1 is 1.06 bits per heavy atom. The maximum absolute atomic E-state index is 10.8. The number of benzene rings is 2. The number of para-hydroxylation sites is 1. The number of hydrogen-bond acceptors (Lipinski definition) is 2. The number of carbonyl (C=O) groups is 1. The lowest BCUT2D eigenvalue weighted by Crippen LogP contribution is -1.95. The molecule has 0 N–H and O–H groups in total. The molecule has 0 fully saturated rings. The molecule has 0 radical (unpaired) electrons. The van der Waals surface area contributed by atoms with Crippen LogP contribution in [0.2, 0.25) is 0 Å². The van der Waals surface area contributed by atoms with Crippen LogP contribution in [-0.2, 0) is 0 Å². The summed E-state index contributed by atoms with van der Waals surface area (Å²) in [5.41, 5.74) is 1.73. The second-order valence-corrected chi connectivity index (χ2v) is 4.48. The van der Waals surface area contributed by atoms with Crippen LogP contribution in [0.25, 0.3) is 0 Å². The quantitative estimate of drug-likeness (QED) is 0.740. The van der Waals surface area contributed by atoms with Crippen molar-refractivity contribution in [3.63, 3.8) is 0 Å². The van der Waals surface area contributed by atoms with Crippen LogP contribution in [0.1, 0.15) is 35.7 Å². The molecule has 0 unspecified atom stereocenters. The van der Waals surface area contributed by atoms with Gasteiger partial charge in [-0.3, -0.25) is 4.79 Å². The van der Waals surface area contributed by atoms with Crippen LogP contribution in [0.4, 0.5) is 0 Å². The highest BCUT2D eigenvalue weighted by molar-refractivity contribution is 5.76. The highest BCUT2D eigenvalue weighted by Gasteiger charge is 2.09. The van der Waals surface area contributed by atoms with Crippen molar-refractivity contribution in [3.05, 3.63) is 59.7 Å². The first-order valence-electron chi connectivity index (χ1n) is 6.02. The van der Waals surface area contributed by atoms with E-state index >= 15 is 0 Å². The molecule has 0 aliphatic heterocycles. The van der Waals surface area contributed by atoms with E-state index in [4.69, 9.17) is 4.74 Å². The van der Waals surface area contributed by atoms with Gasteiger partial charge in [-0.2, -0.15) is 0 Å². The summed E-state index contributed by atoms with van der Waals surface area (Å²) in [7, 11) is 0. The molecule has 0 bridgehead atoms. The predicted octanol–water partition coefficient (Wildman–Crippen LogP) is 4.41. The fraction of sp³-hybridized carbons (Fsp3) is 0.188. The van der Waals surface area contributed by atoms with Crippen LogP contribution in [0, 0.1) is 0 Å². The number of carbonyl (C=O) groups excluding carboxylic acids is 1. The van der Waals surface area contributed by atoms with Crippen LogP contribution < -0.4 is 4.74 Å². The third-order valence-electron chi connectivity index (χ3n) is 2.77. The van der Waals surface area contributed by atoms with E-state index in [2.05, 4.69) is 13.8 Å². The van der Waals surface area contributed by atoms with Crippen molar-refractivity contribution in [1.29, 1.82) is 0 Å². The minimum Gasteiger partial charge on any atom is -0.457 e.